The number of rotatable bonds is 8. The third-order valence-corrected chi connectivity index (χ3v) is 9.44. The van der Waals surface area contributed by atoms with Crippen molar-refractivity contribution >= 4 is 10.0 Å². The largest absolute Gasteiger partial charge is 0.435 e. The average molecular weight is 489 g/mol. The van der Waals surface area contributed by atoms with Crippen LogP contribution in [0.5, 0.6) is 5.75 Å². The minimum atomic E-state index is -3.69. The first-order valence-corrected chi connectivity index (χ1v) is 13.0. The Morgan fingerprint density at radius 3 is 2.48 bits per heavy atom. The highest BCUT2D eigenvalue weighted by Crippen LogP contribution is 2.42. The number of nitrogens with zero attached hydrogens (tertiary/aromatic N) is 2. The molecule has 1 aromatic rings. The number of benzene rings is 1. The van der Waals surface area contributed by atoms with Gasteiger partial charge in [0, 0.05) is 39.4 Å². The Morgan fingerprint density at radius 1 is 1.15 bits per heavy atom. The quantitative estimate of drug-likeness (QED) is 0.559. The van der Waals surface area contributed by atoms with Crippen LogP contribution in [0.3, 0.4) is 0 Å². The molecule has 3 saturated heterocycles. The van der Waals surface area contributed by atoms with Gasteiger partial charge in [0.25, 0.3) is 0 Å². The Hall–Kier alpha value is -1.33. The fraction of sp³-hybridized carbons (Fsp3) is 0.739. The van der Waals surface area contributed by atoms with Crippen LogP contribution in [0, 0.1) is 5.41 Å². The zero-order chi connectivity index (χ0) is 23.7. The second kappa shape index (κ2) is 9.73. The summed E-state index contributed by atoms with van der Waals surface area (Å²) < 4.78 is 68.1. The summed E-state index contributed by atoms with van der Waals surface area (Å²) >= 11 is 0. The number of ether oxygens (including phenoxy) is 3. The van der Waals surface area contributed by atoms with Gasteiger partial charge >= 0.3 is 6.61 Å². The number of hydrogen-bond acceptors (Lipinski definition) is 6. The van der Waals surface area contributed by atoms with Crippen LogP contribution in [0.15, 0.2) is 29.2 Å². The van der Waals surface area contributed by atoms with Crippen molar-refractivity contribution in [3.05, 3.63) is 24.3 Å². The summed E-state index contributed by atoms with van der Waals surface area (Å²) in [4.78, 5) is 2.62. The Morgan fingerprint density at radius 2 is 1.85 bits per heavy atom. The van der Waals surface area contributed by atoms with E-state index in [0.29, 0.717) is 38.6 Å². The maximum absolute atomic E-state index is 13.0. The zero-order valence-electron chi connectivity index (χ0n) is 19.3. The number of methoxy groups -OCH3 is 1. The van der Waals surface area contributed by atoms with E-state index in [9.17, 15) is 17.2 Å². The summed E-state index contributed by atoms with van der Waals surface area (Å²) in [5.41, 5.74) is 0.0102. The maximum Gasteiger partial charge on any atom is 0.387 e. The topological polar surface area (TPSA) is 68.3 Å². The normalized spacial score (nSPS) is 28.7. The van der Waals surface area contributed by atoms with Gasteiger partial charge in [-0.15, -0.1) is 0 Å². The van der Waals surface area contributed by atoms with Gasteiger partial charge in [-0.1, -0.05) is 6.92 Å². The van der Waals surface area contributed by atoms with Gasteiger partial charge in [-0.25, -0.2) is 8.42 Å². The van der Waals surface area contributed by atoms with Gasteiger partial charge < -0.3 is 14.2 Å². The lowest BCUT2D eigenvalue weighted by molar-refractivity contribution is -0.0498. The van der Waals surface area contributed by atoms with Crippen LogP contribution in [0.25, 0.3) is 0 Å². The molecule has 1 spiro atoms. The lowest BCUT2D eigenvalue weighted by Crippen LogP contribution is -2.47. The Labute approximate surface area is 195 Å². The first-order valence-electron chi connectivity index (χ1n) is 11.6. The van der Waals surface area contributed by atoms with Gasteiger partial charge in [0.15, 0.2) is 0 Å². The molecule has 0 unspecified atom stereocenters. The standard InChI is InChI=1S/C23H34F2N2O5S/c1-22(10-14-30-2)7-11-26(17-22)18-15-23(31-16-18)8-12-27(13-9-23)33(28,29)20-5-3-19(4-6-20)32-21(24)25/h3-6,18,21H,7-17H2,1-2H3/t18-,22-/m1/s1. The Kier molecular flexibility index (Phi) is 7.31. The molecule has 0 aliphatic carbocycles. The molecule has 0 amide bonds. The van der Waals surface area contributed by atoms with Gasteiger partial charge in [-0.3, -0.25) is 4.90 Å². The van der Waals surface area contributed by atoms with Crippen molar-refractivity contribution in [3.63, 3.8) is 0 Å². The molecule has 33 heavy (non-hydrogen) atoms. The zero-order valence-corrected chi connectivity index (χ0v) is 20.2. The molecule has 3 aliphatic heterocycles. The third-order valence-electron chi connectivity index (χ3n) is 7.52. The van der Waals surface area contributed by atoms with Crippen molar-refractivity contribution in [2.24, 2.45) is 5.41 Å². The van der Waals surface area contributed by atoms with Crippen molar-refractivity contribution in [2.75, 3.05) is 46.5 Å². The van der Waals surface area contributed by atoms with Gasteiger partial charge in [-0.05, 0) is 68.3 Å². The number of halogens is 2. The van der Waals surface area contributed by atoms with Crippen molar-refractivity contribution in [1.29, 1.82) is 0 Å². The minimum Gasteiger partial charge on any atom is -0.435 e. The second-order valence-electron chi connectivity index (χ2n) is 9.88. The summed E-state index contributed by atoms with van der Waals surface area (Å²) in [6.07, 6.45) is 4.46. The second-order valence-corrected chi connectivity index (χ2v) is 11.8. The first-order chi connectivity index (χ1) is 15.6. The van der Waals surface area contributed by atoms with Gasteiger partial charge in [0.05, 0.1) is 17.1 Å². The molecule has 3 fully saturated rings. The number of hydrogen-bond donors (Lipinski definition) is 0. The van der Waals surface area contributed by atoms with E-state index in [2.05, 4.69) is 16.6 Å². The van der Waals surface area contributed by atoms with E-state index in [4.69, 9.17) is 9.47 Å². The van der Waals surface area contributed by atoms with Gasteiger partial charge in [0.1, 0.15) is 5.75 Å². The predicted octanol–water partition coefficient (Wildman–Crippen LogP) is 3.35. The summed E-state index contributed by atoms with van der Waals surface area (Å²) in [5.74, 6) is -0.0628. The van der Waals surface area contributed by atoms with Crippen molar-refractivity contribution in [1.82, 2.24) is 9.21 Å². The lowest BCUT2D eigenvalue weighted by Gasteiger charge is -2.38. The van der Waals surface area contributed by atoms with E-state index in [1.165, 1.54) is 28.6 Å². The SMILES string of the molecule is COCC[C@@]1(C)CCN([C@H]2COC3(CCN(S(=O)(=O)c4ccc(OC(F)F)cc4)CC3)C2)C1. The Bertz CT molecular complexity index is 906. The molecule has 0 bridgehead atoms. The molecule has 0 N–H and O–H groups in total. The lowest BCUT2D eigenvalue weighted by atomic mass is 9.86. The van der Waals surface area contributed by atoms with Gasteiger partial charge in [0.2, 0.25) is 10.0 Å². The summed E-state index contributed by atoms with van der Waals surface area (Å²) in [5, 5.41) is 0. The van der Waals surface area contributed by atoms with Crippen LogP contribution in [-0.4, -0.2) is 82.4 Å². The monoisotopic (exact) mass is 488 g/mol. The molecule has 2 atom stereocenters. The smallest absolute Gasteiger partial charge is 0.387 e. The third kappa shape index (κ3) is 5.51. The van der Waals surface area contributed by atoms with Crippen molar-refractivity contribution < 1.29 is 31.4 Å². The van der Waals surface area contributed by atoms with Crippen LogP contribution in [0.1, 0.15) is 39.0 Å². The molecule has 10 heteroatoms. The van der Waals surface area contributed by atoms with E-state index in [-0.39, 0.29) is 21.7 Å². The van der Waals surface area contributed by atoms with Crippen molar-refractivity contribution in [3.8, 4) is 5.75 Å². The molecular formula is C23H34F2N2O5S. The highest BCUT2D eigenvalue weighted by molar-refractivity contribution is 7.89. The fourth-order valence-corrected chi connectivity index (χ4v) is 6.85. The van der Waals surface area contributed by atoms with E-state index >= 15 is 0 Å². The number of piperidine rings is 1. The number of likely N-dealkylation sites (tertiary alicyclic amines) is 1. The minimum absolute atomic E-state index is 0.0628. The molecule has 3 aliphatic rings. The highest BCUT2D eigenvalue weighted by atomic mass is 32.2. The van der Waals surface area contributed by atoms with E-state index < -0.39 is 16.6 Å². The highest BCUT2D eigenvalue weighted by Gasteiger charge is 2.48. The van der Waals surface area contributed by atoms with Gasteiger partial charge in [-0.2, -0.15) is 13.1 Å². The van der Waals surface area contributed by atoms with Crippen molar-refractivity contribution in [2.45, 2.75) is 62.2 Å². The molecule has 1 aromatic carbocycles. The Balaban J connectivity index is 1.32. The molecule has 0 saturated carbocycles. The van der Waals surface area contributed by atoms with Crippen LogP contribution in [0.2, 0.25) is 0 Å². The maximum atomic E-state index is 13.0. The fourth-order valence-electron chi connectivity index (χ4n) is 5.41. The predicted molar refractivity (Wildman–Crippen MR) is 119 cm³/mol. The molecule has 4 rings (SSSR count). The van der Waals surface area contributed by atoms with Crippen LogP contribution >= 0.6 is 0 Å². The van der Waals surface area contributed by atoms with E-state index in [1.54, 1.807) is 7.11 Å². The van der Waals surface area contributed by atoms with Crippen LogP contribution in [0.4, 0.5) is 8.78 Å². The summed E-state index contributed by atoms with van der Waals surface area (Å²) in [6, 6.07) is 5.51. The molecular weight excluding hydrogens is 454 g/mol. The molecule has 3 heterocycles. The molecule has 0 radical (unpaired) electrons. The van der Waals surface area contributed by atoms with Crippen LogP contribution in [-0.2, 0) is 19.5 Å². The average Bonchev–Trinajstić information content (AvgIpc) is 3.37. The molecule has 0 aromatic heterocycles. The molecule has 186 valence electrons. The number of sulfonamides is 1. The van der Waals surface area contributed by atoms with E-state index in [0.717, 1.165) is 39.0 Å². The number of alkyl halides is 2. The molecule has 7 nitrogen and oxygen atoms in total. The first kappa shape index (κ1) is 24.8. The summed E-state index contributed by atoms with van der Waals surface area (Å²) in [7, 11) is -1.95. The van der Waals surface area contributed by atoms with Crippen LogP contribution < -0.4 is 4.74 Å². The summed E-state index contributed by atoms with van der Waals surface area (Å²) in [6.45, 7) is 3.74. The van der Waals surface area contributed by atoms with E-state index in [1.807, 2.05) is 0 Å².